The van der Waals surface area contributed by atoms with Crippen molar-refractivity contribution in [1.29, 1.82) is 0 Å². The van der Waals surface area contributed by atoms with Crippen molar-refractivity contribution in [3.8, 4) is 22.4 Å². The minimum Gasteiger partial charge on any atom is -0.744 e. The second-order valence-corrected chi connectivity index (χ2v) is 15.3. The average Bonchev–Trinajstić information content (AvgIpc) is 3.49. The van der Waals surface area contributed by atoms with Gasteiger partial charge in [-0.25, -0.2) is 8.42 Å². The second-order valence-electron chi connectivity index (χ2n) is 14.0. The summed E-state index contributed by atoms with van der Waals surface area (Å²) in [5.41, 5.74) is 8.99. The summed E-state index contributed by atoms with van der Waals surface area (Å²) in [6.07, 6.45) is 2.03. The number of hydrogen-bond donors (Lipinski definition) is 0. The standard InChI is InChI=1S/C38H28N3O2.C9H12O3S/c1-2-43-36(42)24-40-34-20-8-7-17-30(34)32-21-22-41-35(38(32)40)23-33(29-18-9-13-25-11-3-5-15-27(25)29)37(39-41)31-19-10-14-26-12-4-6-16-28(26)31;1-6-4-7(2)9(8(3)5-6)13(10,11)12/h3-23H,2,24H2,1H3;4-5H,1-3H3,(H,10,11,12)/q+1;/p-1. The molecule has 0 aliphatic rings. The first-order valence-corrected chi connectivity index (χ1v) is 19.9. The van der Waals surface area contributed by atoms with Gasteiger partial charge in [0.15, 0.2) is 0 Å². The number of pyridine rings is 1. The summed E-state index contributed by atoms with van der Waals surface area (Å²) in [4.78, 5) is 12.8. The van der Waals surface area contributed by atoms with Crippen molar-refractivity contribution >= 4 is 65.0 Å². The molecule has 9 rings (SSSR count). The molecule has 9 heteroatoms. The number of aryl methyl sites for hydroxylation is 3. The summed E-state index contributed by atoms with van der Waals surface area (Å²) in [5, 5.41) is 12.2. The van der Waals surface area contributed by atoms with Crippen LogP contribution >= 0.6 is 0 Å². The van der Waals surface area contributed by atoms with Crippen LogP contribution in [0.15, 0.2) is 145 Å². The maximum Gasteiger partial charge on any atom is 0.325 e. The SMILES string of the molecule is CCOC(=O)Cn1c2ccccc2c2cc[n+]3nc(-c4cccc5ccccc45)c(-c4cccc5ccccc45)cc3c21.Cc1cc(C)c(S(=O)(=O)[O-])c(C)c1. The van der Waals surface area contributed by atoms with E-state index in [0.29, 0.717) is 17.7 Å². The van der Waals surface area contributed by atoms with E-state index in [0.717, 1.165) is 66.0 Å². The lowest BCUT2D eigenvalue weighted by molar-refractivity contribution is -0.578. The number of esters is 1. The largest absolute Gasteiger partial charge is 0.744 e. The van der Waals surface area contributed by atoms with Crippen LogP contribution in [-0.4, -0.2) is 35.2 Å². The summed E-state index contributed by atoms with van der Waals surface area (Å²) < 4.78 is 41.9. The number of aromatic nitrogens is 3. The van der Waals surface area contributed by atoms with Gasteiger partial charge in [0.05, 0.1) is 11.5 Å². The van der Waals surface area contributed by atoms with Gasteiger partial charge in [-0.3, -0.25) is 4.79 Å². The maximum absolute atomic E-state index is 12.9. The second kappa shape index (κ2) is 14.7. The van der Waals surface area contributed by atoms with E-state index in [9.17, 15) is 17.8 Å². The number of carbonyl (C=O) groups is 1. The number of para-hydroxylation sites is 1. The van der Waals surface area contributed by atoms with Gasteiger partial charge in [-0.1, -0.05) is 121 Å². The molecule has 8 nitrogen and oxygen atoms in total. The number of ether oxygens (including phenoxy) is 1. The van der Waals surface area contributed by atoms with Gasteiger partial charge in [-0.15, -0.1) is 0 Å². The van der Waals surface area contributed by atoms with Crippen molar-refractivity contribution in [2.75, 3.05) is 6.61 Å². The van der Waals surface area contributed by atoms with Gasteiger partial charge in [0.1, 0.15) is 27.9 Å². The highest BCUT2D eigenvalue weighted by atomic mass is 32.2. The maximum atomic E-state index is 12.9. The van der Waals surface area contributed by atoms with E-state index in [1.54, 1.807) is 26.0 Å². The van der Waals surface area contributed by atoms with Gasteiger partial charge in [-0.05, 0) is 76.5 Å². The Hall–Kier alpha value is -6.42. The van der Waals surface area contributed by atoms with E-state index >= 15 is 0 Å². The van der Waals surface area contributed by atoms with Crippen LogP contribution in [0.5, 0.6) is 0 Å². The summed E-state index contributed by atoms with van der Waals surface area (Å²) in [5.74, 6) is -0.262. The summed E-state index contributed by atoms with van der Waals surface area (Å²) in [6, 6.07) is 45.7. The summed E-state index contributed by atoms with van der Waals surface area (Å²) >= 11 is 0. The Morgan fingerprint density at radius 2 is 1.27 bits per heavy atom. The van der Waals surface area contributed by atoms with E-state index in [-0.39, 0.29) is 17.4 Å². The van der Waals surface area contributed by atoms with E-state index < -0.39 is 10.1 Å². The molecule has 0 fully saturated rings. The molecule has 0 radical (unpaired) electrons. The van der Waals surface area contributed by atoms with Crippen molar-refractivity contribution in [3.05, 3.63) is 156 Å². The Kier molecular flexibility index (Phi) is 9.58. The number of rotatable bonds is 6. The first-order chi connectivity index (χ1) is 27.0. The molecule has 3 heterocycles. The lowest BCUT2D eigenvalue weighted by Crippen LogP contribution is -2.28. The highest BCUT2D eigenvalue weighted by molar-refractivity contribution is 7.85. The van der Waals surface area contributed by atoms with Crippen molar-refractivity contribution in [2.45, 2.75) is 39.1 Å². The third-order valence-corrected chi connectivity index (χ3v) is 11.3. The quantitative estimate of drug-likeness (QED) is 0.0951. The fraction of sp³-hybridized carbons (Fsp3) is 0.128. The molecule has 0 unspecified atom stereocenters. The normalized spacial score (nSPS) is 11.7. The molecular formula is C47H39N3O5S. The molecule has 278 valence electrons. The van der Waals surface area contributed by atoms with Gasteiger partial charge in [-0.2, -0.15) is 0 Å². The Morgan fingerprint density at radius 1 is 0.696 bits per heavy atom. The predicted molar refractivity (Wildman–Crippen MR) is 222 cm³/mol. The molecule has 0 bridgehead atoms. The minimum absolute atomic E-state index is 0.0851. The molecular weight excluding hydrogens is 719 g/mol. The lowest BCUT2D eigenvalue weighted by Gasteiger charge is -2.14. The summed E-state index contributed by atoms with van der Waals surface area (Å²) in [7, 11) is -4.33. The smallest absolute Gasteiger partial charge is 0.325 e. The zero-order valence-corrected chi connectivity index (χ0v) is 32.3. The molecule has 0 amide bonds. The Morgan fingerprint density at radius 3 is 1.91 bits per heavy atom. The Labute approximate surface area is 325 Å². The minimum atomic E-state index is -4.33. The van der Waals surface area contributed by atoms with Gasteiger partial charge in [0.25, 0.3) is 5.52 Å². The molecule has 0 N–H and O–H groups in total. The van der Waals surface area contributed by atoms with E-state index in [4.69, 9.17) is 9.84 Å². The number of fused-ring (bicyclic) bond motifs is 7. The molecule has 0 aliphatic carbocycles. The van der Waals surface area contributed by atoms with Gasteiger partial charge < -0.3 is 13.9 Å². The fourth-order valence-corrected chi connectivity index (χ4v) is 8.96. The first kappa shape index (κ1) is 36.6. The van der Waals surface area contributed by atoms with Crippen LogP contribution in [0.4, 0.5) is 0 Å². The topological polar surface area (TPSA) is 105 Å². The molecule has 0 atom stereocenters. The van der Waals surface area contributed by atoms with Gasteiger partial charge in [0.2, 0.25) is 6.20 Å². The van der Waals surface area contributed by atoms with Crippen LogP contribution in [-0.2, 0) is 26.2 Å². The van der Waals surface area contributed by atoms with E-state index in [2.05, 4.69) is 114 Å². The number of benzene rings is 6. The third kappa shape index (κ3) is 6.65. The van der Waals surface area contributed by atoms with Crippen LogP contribution in [0.3, 0.4) is 0 Å². The van der Waals surface area contributed by atoms with Gasteiger partial charge in [0, 0.05) is 44.6 Å². The highest BCUT2D eigenvalue weighted by Crippen LogP contribution is 2.39. The highest BCUT2D eigenvalue weighted by Gasteiger charge is 2.25. The van der Waals surface area contributed by atoms with Crippen molar-refractivity contribution in [3.63, 3.8) is 0 Å². The molecule has 3 aromatic heterocycles. The van der Waals surface area contributed by atoms with Crippen molar-refractivity contribution < 1.29 is 27.0 Å². The first-order valence-electron chi connectivity index (χ1n) is 18.5. The van der Waals surface area contributed by atoms with Crippen LogP contribution < -0.4 is 4.52 Å². The monoisotopic (exact) mass is 757 g/mol. The summed E-state index contributed by atoms with van der Waals surface area (Å²) in [6.45, 7) is 7.42. The molecule has 0 saturated carbocycles. The van der Waals surface area contributed by atoms with E-state index in [1.807, 2.05) is 36.7 Å². The van der Waals surface area contributed by atoms with Crippen LogP contribution in [0.25, 0.3) is 71.3 Å². The molecule has 0 aliphatic heterocycles. The van der Waals surface area contributed by atoms with Crippen LogP contribution in [0.1, 0.15) is 23.6 Å². The zero-order valence-electron chi connectivity index (χ0n) is 31.5. The van der Waals surface area contributed by atoms with Crippen LogP contribution in [0, 0.1) is 20.8 Å². The number of carbonyl (C=O) groups excluding carboxylic acids is 1. The average molecular weight is 758 g/mol. The number of hydrogen-bond acceptors (Lipinski definition) is 6. The number of nitrogens with zero attached hydrogens (tertiary/aromatic N) is 3. The zero-order chi connectivity index (χ0) is 39.1. The molecule has 9 aromatic rings. The van der Waals surface area contributed by atoms with Crippen molar-refractivity contribution in [1.82, 2.24) is 9.67 Å². The molecule has 6 aromatic carbocycles. The molecule has 0 saturated heterocycles. The third-order valence-electron chi connectivity index (χ3n) is 10.2. The van der Waals surface area contributed by atoms with Crippen molar-refractivity contribution in [2.24, 2.45) is 0 Å². The fourth-order valence-electron chi connectivity index (χ4n) is 8.05. The lowest BCUT2D eigenvalue weighted by atomic mass is 9.92. The van der Waals surface area contributed by atoms with E-state index in [1.165, 1.54) is 10.8 Å². The predicted octanol–water partition coefficient (Wildman–Crippen LogP) is 9.65. The van der Waals surface area contributed by atoms with Crippen LogP contribution in [0.2, 0.25) is 0 Å². The Bertz CT molecular complexity index is 3080. The van der Waals surface area contributed by atoms with Gasteiger partial charge >= 0.3 is 5.97 Å². The molecule has 56 heavy (non-hydrogen) atoms. The molecule has 0 spiro atoms. The Balaban J connectivity index is 0.000000290.